The van der Waals surface area contributed by atoms with Gasteiger partial charge in [-0.05, 0) is 53.9 Å². The van der Waals surface area contributed by atoms with Crippen molar-refractivity contribution >= 4 is 37.9 Å². The second kappa shape index (κ2) is 9.65. The van der Waals surface area contributed by atoms with Crippen LogP contribution in [0, 0.1) is 5.92 Å². The summed E-state index contributed by atoms with van der Waals surface area (Å²) in [6.07, 6.45) is 3.39. The highest BCUT2D eigenvalue weighted by Crippen LogP contribution is 2.34. The second-order valence-corrected chi connectivity index (χ2v) is 7.06. The number of rotatable bonds is 8. The molecule has 0 saturated heterocycles. The van der Waals surface area contributed by atoms with Gasteiger partial charge < -0.3 is 10.1 Å². The summed E-state index contributed by atoms with van der Waals surface area (Å²) in [7, 11) is 0. The molecule has 0 aliphatic rings. The van der Waals surface area contributed by atoms with Crippen LogP contribution in [0.1, 0.15) is 39.7 Å². The zero-order valence-electron chi connectivity index (χ0n) is 13.3. The van der Waals surface area contributed by atoms with Crippen molar-refractivity contribution in [3.63, 3.8) is 0 Å². The highest BCUT2D eigenvalue weighted by Gasteiger charge is 2.11. The van der Waals surface area contributed by atoms with Crippen molar-refractivity contribution in [2.75, 3.05) is 19.7 Å². The average Bonchev–Trinajstić information content (AvgIpc) is 2.41. The molecule has 0 unspecified atom stereocenters. The number of ether oxygens (including phenoxy) is 1. The van der Waals surface area contributed by atoms with Crippen LogP contribution in [0.4, 0.5) is 0 Å². The molecule has 0 spiro atoms. The Labute approximate surface area is 145 Å². The Bertz CT molecular complexity index is 484. The van der Waals surface area contributed by atoms with Gasteiger partial charge in [-0.15, -0.1) is 0 Å². The van der Waals surface area contributed by atoms with E-state index in [0.717, 1.165) is 39.8 Å². The molecule has 0 radical (unpaired) electrons. The molecule has 0 aromatic heterocycles. The molecule has 1 rings (SSSR count). The Morgan fingerprint density at radius 2 is 2.00 bits per heavy atom. The van der Waals surface area contributed by atoms with Crippen molar-refractivity contribution in [3.8, 4) is 5.75 Å². The molecule has 118 valence electrons. The summed E-state index contributed by atoms with van der Waals surface area (Å²) >= 11 is 7.15. The number of hydrogen-bond donors (Lipinski definition) is 1. The third-order valence-electron chi connectivity index (χ3n) is 3.16. The van der Waals surface area contributed by atoms with Crippen molar-refractivity contribution in [3.05, 3.63) is 32.2 Å². The molecule has 1 aromatic carbocycles. The fourth-order valence-electron chi connectivity index (χ4n) is 2.02. The first kappa shape index (κ1) is 18.7. The summed E-state index contributed by atoms with van der Waals surface area (Å²) in [5, 5.41) is 3.48. The molecule has 1 aromatic rings. The molecule has 1 N–H and O–H groups in total. The van der Waals surface area contributed by atoms with Gasteiger partial charge in [0.05, 0.1) is 11.1 Å². The third-order valence-corrected chi connectivity index (χ3v) is 4.21. The van der Waals surface area contributed by atoms with Crippen LogP contribution in [-0.2, 0) is 0 Å². The van der Waals surface area contributed by atoms with Gasteiger partial charge in [0.1, 0.15) is 5.75 Å². The van der Waals surface area contributed by atoms with Gasteiger partial charge in [0.2, 0.25) is 0 Å². The summed E-state index contributed by atoms with van der Waals surface area (Å²) in [6, 6.07) is 4.13. The van der Waals surface area contributed by atoms with Crippen molar-refractivity contribution in [2.45, 2.75) is 34.1 Å². The lowest BCUT2D eigenvalue weighted by Gasteiger charge is -2.15. The van der Waals surface area contributed by atoms with E-state index >= 15 is 0 Å². The Kier molecular flexibility index (Phi) is 8.60. The van der Waals surface area contributed by atoms with E-state index in [1.54, 1.807) is 0 Å². The quantitative estimate of drug-likeness (QED) is 0.550. The maximum absolute atomic E-state index is 5.80. The van der Waals surface area contributed by atoms with Crippen LogP contribution in [0.25, 0.3) is 6.08 Å². The molecular formula is C17H25Br2NO. The molecule has 2 nitrogen and oxygen atoms in total. The van der Waals surface area contributed by atoms with Crippen LogP contribution in [0.15, 0.2) is 26.7 Å². The standard InChI is InChI=1S/C17H25Br2NO/c1-5-7-20-11-14(12(3)4)8-13-9-15(18)10-16(19)17(13)21-6-2/h8-10,12,20H,5-7,11H2,1-4H3. The fraction of sp³-hybridized carbons (Fsp3) is 0.529. The van der Waals surface area contributed by atoms with E-state index in [-0.39, 0.29) is 0 Å². The minimum atomic E-state index is 0.501. The van der Waals surface area contributed by atoms with Crippen LogP contribution in [0.5, 0.6) is 5.75 Å². The highest BCUT2D eigenvalue weighted by molar-refractivity contribution is 9.11. The summed E-state index contributed by atoms with van der Waals surface area (Å²) < 4.78 is 7.83. The SMILES string of the molecule is CCCNCC(=Cc1cc(Br)cc(Br)c1OCC)C(C)C. The predicted molar refractivity (Wildman–Crippen MR) is 99.0 cm³/mol. The fourth-order valence-corrected chi connectivity index (χ4v) is 3.39. The number of hydrogen-bond acceptors (Lipinski definition) is 2. The summed E-state index contributed by atoms with van der Waals surface area (Å²) in [4.78, 5) is 0. The van der Waals surface area contributed by atoms with Crippen LogP contribution in [-0.4, -0.2) is 19.7 Å². The van der Waals surface area contributed by atoms with E-state index in [4.69, 9.17) is 4.74 Å². The Hall–Kier alpha value is -0.320. The molecule has 21 heavy (non-hydrogen) atoms. The van der Waals surface area contributed by atoms with Gasteiger partial charge in [-0.3, -0.25) is 0 Å². The van der Waals surface area contributed by atoms with E-state index in [2.05, 4.69) is 70.1 Å². The maximum atomic E-state index is 5.80. The van der Waals surface area contributed by atoms with Gasteiger partial charge in [-0.25, -0.2) is 0 Å². The third kappa shape index (κ3) is 6.13. The zero-order chi connectivity index (χ0) is 15.8. The molecule has 0 amide bonds. The van der Waals surface area contributed by atoms with E-state index in [9.17, 15) is 0 Å². The van der Waals surface area contributed by atoms with Crippen molar-refractivity contribution in [1.82, 2.24) is 5.32 Å². The Balaban J connectivity index is 3.12. The molecular weight excluding hydrogens is 394 g/mol. The van der Waals surface area contributed by atoms with Crippen LogP contribution in [0.3, 0.4) is 0 Å². The normalized spacial score (nSPS) is 12.0. The van der Waals surface area contributed by atoms with Gasteiger partial charge in [0.25, 0.3) is 0 Å². The maximum Gasteiger partial charge on any atom is 0.140 e. The molecule has 4 heteroatoms. The zero-order valence-corrected chi connectivity index (χ0v) is 16.5. The lowest BCUT2D eigenvalue weighted by molar-refractivity contribution is 0.337. The summed E-state index contributed by atoms with van der Waals surface area (Å²) in [6.45, 7) is 11.3. The van der Waals surface area contributed by atoms with Gasteiger partial charge in [0, 0.05) is 16.6 Å². The van der Waals surface area contributed by atoms with E-state index in [1.807, 2.05) is 13.0 Å². The molecule has 0 aliphatic carbocycles. The number of benzene rings is 1. The first-order valence-electron chi connectivity index (χ1n) is 7.52. The first-order chi connectivity index (χ1) is 9.99. The number of halogens is 2. The highest BCUT2D eigenvalue weighted by atomic mass is 79.9. The first-order valence-corrected chi connectivity index (χ1v) is 9.11. The van der Waals surface area contributed by atoms with Gasteiger partial charge >= 0.3 is 0 Å². The summed E-state index contributed by atoms with van der Waals surface area (Å²) in [5.74, 6) is 1.41. The van der Waals surface area contributed by atoms with Crippen LogP contribution >= 0.6 is 31.9 Å². The minimum absolute atomic E-state index is 0.501. The van der Waals surface area contributed by atoms with Gasteiger partial charge in [-0.1, -0.05) is 48.4 Å². The second-order valence-electron chi connectivity index (χ2n) is 5.29. The number of nitrogens with one attached hydrogen (secondary N) is 1. The smallest absolute Gasteiger partial charge is 0.140 e. The topological polar surface area (TPSA) is 21.3 Å². The van der Waals surface area contributed by atoms with Gasteiger partial charge in [0.15, 0.2) is 0 Å². The molecule has 0 heterocycles. The Morgan fingerprint density at radius 1 is 1.29 bits per heavy atom. The lowest BCUT2D eigenvalue weighted by Crippen LogP contribution is -2.20. The van der Waals surface area contributed by atoms with Gasteiger partial charge in [-0.2, -0.15) is 0 Å². The average molecular weight is 419 g/mol. The summed E-state index contributed by atoms with van der Waals surface area (Å²) in [5.41, 5.74) is 2.49. The van der Waals surface area contributed by atoms with Crippen LogP contribution < -0.4 is 10.1 Å². The monoisotopic (exact) mass is 417 g/mol. The Morgan fingerprint density at radius 3 is 2.57 bits per heavy atom. The van der Waals surface area contributed by atoms with Crippen molar-refractivity contribution in [2.24, 2.45) is 5.92 Å². The molecule has 0 aliphatic heterocycles. The van der Waals surface area contributed by atoms with Crippen molar-refractivity contribution in [1.29, 1.82) is 0 Å². The largest absolute Gasteiger partial charge is 0.492 e. The molecule has 0 saturated carbocycles. The van der Waals surface area contributed by atoms with E-state index in [1.165, 1.54) is 5.57 Å². The molecule has 0 atom stereocenters. The molecule has 0 bridgehead atoms. The van der Waals surface area contributed by atoms with E-state index < -0.39 is 0 Å². The van der Waals surface area contributed by atoms with E-state index in [0.29, 0.717) is 12.5 Å². The molecule has 0 fully saturated rings. The minimum Gasteiger partial charge on any atom is -0.492 e. The van der Waals surface area contributed by atoms with Crippen LogP contribution in [0.2, 0.25) is 0 Å². The predicted octanol–water partition coefficient (Wildman–Crippen LogP) is 5.65. The van der Waals surface area contributed by atoms with Crippen molar-refractivity contribution < 1.29 is 4.74 Å². The lowest BCUT2D eigenvalue weighted by atomic mass is 9.99.